The summed E-state index contributed by atoms with van der Waals surface area (Å²) in [6.45, 7) is 5.98. The summed E-state index contributed by atoms with van der Waals surface area (Å²) >= 11 is 0. The molecule has 0 aromatic heterocycles. The summed E-state index contributed by atoms with van der Waals surface area (Å²) in [5, 5.41) is 11.8. The van der Waals surface area contributed by atoms with Crippen molar-refractivity contribution in [2.75, 3.05) is 45.6 Å². The van der Waals surface area contributed by atoms with Gasteiger partial charge in [-0.15, -0.1) is 6.58 Å². The number of methoxy groups -OCH3 is 1. The first-order valence-electron chi connectivity index (χ1n) is 10.3. The van der Waals surface area contributed by atoms with E-state index in [0.29, 0.717) is 26.2 Å². The van der Waals surface area contributed by atoms with Crippen molar-refractivity contribution in [3.8, 4) is 5.75 Å². The number of piperazine rings is 1. The number of ether oxygens (including phenoxy) is 1. The van der Waals surface area contributed by atoms with Crippen LogP contribution in [0.2, 0.25) is 0 Å². The number of sulfone groups is 1. The van der Waals surface area contributed by atoms with Gasteiger partial charge in [0.1, 0.15) is 11.1 Å². The highest BCUT2D eigenvalue weighted by Gasteiger charge is 2.39. The fourth-order valence-corrected chi connectivity index (χ4v) is 5.76. The maximum Gasteiger partial charge on any atom is 0.407 e. The van der Waals surface area contributed by atoms with Crippen molar-refractivity contribution in [2.45, 2.75) is 30.7 Å². The Bertz CT molecular complexity index is 758. The number of nitrogens with one attached hydrogen (secondary N) is 1. The van der Waals surface area contributed by atoms with Gasteiger partial charge in [0.25, 0.3) is 0 Å². The summed E-state index contributed by atoms with van der Waals surface area (Å²) < 4.78 is 30.2. The number of benzene rings is 1. The van der Waals surface area contributed by atoms with E-state index in [9.17, 15) is 13.2 Å². The first kappa shape index (κ1) is 24.2. The fraction of sp³-hybridized carbons (Fsp3) is 0.571. The highest BCUT2D eigenvalue weighted by Crippen LogP contribution is 2.22. The number of carboxylic acid groups (broad SMARTS) is 1. The van der Waals surface area contributed by atoms with Gasteiger partial charge < -0.3 is 20.1 Å². The molecule has 1 amide bonds. The number of carbonyl (C=O) groups is 1. The van der Waals surface area contributed by atoms with E-state index < -0.39 is 21.3 Å². The summed E-state index contributed by atoms with van der Waals surface area (Å²) in [4.78, 5) is 14.2. The van der Waals surface area contributed by atoms with Crippen molar-refractivity contribution in [1.82, 2.24) is 15.1 Å². The van der Waals surface area contributed by atoms with Gasteiger partial charge in [-0.3, -0.25) is 4.90 Å². The molecule has 2 heterocycles. The quantitative estimate of drug-likeness (QED) is 0.655. The average Bonchev–Trinajstić information content (AvgIpc) is 2.76. The number of para-hydroxylation sites is 1. The molecule has 1 aromatic rings. The smallest absolute Gasteiger partial charge is 0.407 e. The molecule has 0 saturated carbocycles. The van der Waals surface area contributed by atoms with Crippen LogP contribution < -0.4 is 10.1 Å². The standard InChI is InChI=1S/C14H25N3O4S.C7H8O/c1-2-11-22(20,21)13(12-5-3-4-6-15-12)16-7-9-17(10-8-16)14(18)19;1-8-7-5-3-2-4-6-7/h2,12-13,15H,1,3-11H2,(H,18,19);2-6H,1H3. The van der Waals surface area contributed by atoms with Crippen molar-refractivity contribution in [1.29, 1.82) is 0 Å². The number of rotatable bonds is 6. The Hall–Kier alpha value is -2.10. The normalized spacial score (nSPS) is 21.1. The van der Waals surface area contributed by atoms with E-state index in [-0.39, 0.29) is 11.8 Å². The average molecular weight is 440 g/mol. The van der Waals surface area contributed by atoms with E-state index in [1.54, 1.807) is 7.11 Å². The molecule has 30 heavy (non-hydrogen) atoms. The lowest BCUT2D eigenvalue weighted by molar-refractivity contribution is 0.0900. The van der Waals surface area contributed by atoms with Crippen LogP contribution in [0.25, 0.3) is 0 Å². The van der Waals surface area contributed by atoms with Gasteiger partial charge in [-0.05, 0) is 31.5 Å². The monoisotopic (exact) mass is 439 g/mol. The predicted molar refractivity (Wildman–Crippen MR) is 118 cm³/mol. The maximum absolute atomic E-state index is 12.7. The largest absolute Gasteiger partial charge is 0.497 e. The van der Waals surface area contributed by atoms with Crippen molar-refractivity contribution in [3.63, 3.8) is 0 Å². The molecule has 0 spiro atoms. The molecule has 0 radical (unpaired) electrons. The third-order valence-corrected chi connectivity index (χ3v) is 7.40. The molecule has 168 valence electrons. The molecule has 2 fully saturated rings. The van der Waals surface area contributed by atoms with E-state index in [0.717, 1.165) is 31.6 Å². The van der Waals surface area contributed by atoms with Crippen LogP contribution in [0.1, 0.15) is 19.3 Å². The lowest BCUT2D eigenvalue weighted by Crippen LogP contribution is -2.60. The van der Waals surface area contributed by atoms with E-state index >= 15 is 0 Å². The molecule has 2 saturated heterocycles. The second-order valence-corrected chi connectivity index (χ2v) is 9.53. The number of nitrogens with zero attached hydrogens (tertiary/aromatic N) is 2. The zero-order valence-corrected chi connectivity index (χ0v) is 18.4. The fourth-order valence-electron chi connectivity index (χ4n) is 3.84. The second kappa shape index (κ2) is 11.9. The first-order chi connectivity index (χ1) is 14.4. The molecule has 0 bridgehead atoms. The van der Waals surface area contributed by atoms with E-state index in [1.807, 2.05) is 35.2 Å². The van der Waals surface area contributed by atoms with Crippen molar-refractivity contribution >= 4 is 15.9 Å². The molecule has 2 atom stereocenters. The van der Waals surface area contributed by atoms with Crippen LogP contribution >= 0.6 is 0 Å². The predicted octanol–water partition coefficient (Wildman–Crippen LogP) is 2.05. The van der Waals surface area contributed by atoms with Crippen LogP contribution in [0.3, 0.4) is 0 Å². The van der Waals surface area contributed by atoms with E-state index in [1.165, 1.54) is 11.0 Å². The van der Waals surface area contributed by atoms with Crippen LogP contribution in [0.4, 0.5) is 4.79 Å². The maximum atomic E-state index is 12.7. The molecule has 3 rings (SSSR count). The summed E-state index contributed by atoms with van der Waals surface area (Å²) in [5.41, 5.74) is 0. The zero-order valence-electron chi connectivity index (χ0n) is 17.6. The molecule has 2 aliphatic rings. The second-order valence-electron chi connectivity index (χ2n) is 7.39. The van der Waals surface area contributed by atoms with Crippen LogP contribution in [0, 0.1) is 0 Å². The van der Waals surface area contributed by atoms with Crippen LogP contribution in [0.15, 0.2) is 43.0 Å². The third kappa shape index (κ3) is 7.00. The van der Waals surface area contributed by atoms with Gasteiger partial charge in [0.2, 0.25) is 0 Å². The number of hydrogen-bond acceptors (Lipinski definition) is 6. The number of amides is 1. The van der Waals surface area contributed by atoms with E-state index in [4.69, 9.17) is 9.84 Å². The molecule has 9 heteroatoms. The number of piperidine rings is 1. The Morgan fingerprint density at radius 1 is 1.27 bits per heavy atom. The summed E-state index contributed by atoms with van der Waals surface area (Å²) in [6.07, 6.45) is 3.41. The minimum Gasteiger partial charge on any atom is -0.497 e. The van der Waals surface area contributed by atoms with Crippen LogP contribution in [0.5, 0.6) is 5.75 Å². The molecule has 2 unspecified atom stereocenters. The first-order valence-corrected chi connectivity index (χ1v) is 12.0. The SMILES string of the molecule is C=CCS(=O)(=O)C(C1CCCCN1)N1CCN(C(=O)O)CC1.COc1ccccc1. The molecule has 1 aromatic carbocycles. The Morgan fingerprint density at radius 3 is 2.40 bits per heavy atom. The van der Waals surface area contributed by atoms with Gasteiger partial charge in [0.05, 0.1) is 12.9 Å². The zero-order chi connectivity index (χ0) is 22.0. The van der Waals surface area contributed by atoms with Crippen molar-refractivity contribution in [3.05, 3.63) is 43.0 Å². The van der Waals surface area contributed by atoms with E-state index in [2.05, 4.69) is 11.9 Å². The summed E-state index contributed by atoms with van der Waals surface area (Å²) in [6, 6.07) is 9.59. The van der Waals surface area contributed by atoms with Crippen LogP contribution in [-0.4, -0.2) is 86.4 Å². The Balaban J connectivity index is 0.000000335. The number of hydrogen-bond donors (Lipinski definition) is 2. The van der Waals surface area contributed by atoms with Gasteiger partial charge in [-0.25, -0.2) is 13.2 Å². The molecule has 0 aliphatic carbocycles. The lowest BCUT2D eigenvalue weighted by atomic mass is 10.0. The third-order valence-electron chi connectivity index (χ3n) is 5.33. The van der Waals surface area contributed by atoms with Crippen molar-refractivity contribution < 1.29 is 23.1 Å². The molecular formula is C21H33N3O5S. The summed E-state index contributed by atoms with van der Waals surface area (Å²) in [5.74, 6) is 0.863. The van der Waals surface area contributed by atoms with Crippen molar-refractivity contribution in [2.24, 2.45) is 0 Å². The molecule has 2 aliphatic heterocycles. The molecule has 8 nitrogen and oxygen atoms in total. The Morgan fingerprint density at radius 2 is 1.93 bits per heavy atom. The van der Waals surface area contributed by atoms with Gasteiger partial charge in [0.15, 0.2) is 9.84 Å². The Kier molecular flexibility index (Phi) is 9.61. The summed E-state index contributed by atoms with van der Waals surface area (Å²) in [7, 11) is -1.67. The van der Waals surface area contributed by atoms with Crippen LogP contribution in [-0.2, 0) is 9.84 Å². The van der Waals surface area contributed by atoms with Gasteiger partial charge in [-0.1, -0.05) is 30.7 Å². The molecular weight excluding hydrogens is 406 g/mol. The highest BCUT2D eigenvalue weighted by atomic mass is 32.2. The van der Waals surface area contributed by atoms with Gasteiger partial charge in [-0.2, -0.15) is 0 Å². The highest BCUT2D eigenvalue weighted by molar-refractivity contribution is 7.92. The minimum absolute atomic E-state index is 0.0466. The Labute approximate surface area is 179 Å². The minimum atomic E-state index is -3.33. The van der Waals surface area contributed by atoms with Gasteiger partial charge >= 0.3 is 6.09 Å². The molecule has 2 N–H and O–H groups in total. The van der Waals surface area contributed by atoms with Gasteiger partial charge in [0, 0.05) is 32.2 Å². The lowest BCUT2D eigenvalue weighted by Gasteiger charge is -2.42. The topological polar surface area (TPSA) is 99.2 Å².